The first kappa shape index (κ1) is 12.4. The lowest BCUT2D eigenvalue weighted by atomic mass is 10.0. The summed E-state index contributed by atoms with van der Waals surface area (Å²) in [5.74, 6) is 0.467. The first-order valence-electron chi connectivity index (χ1n) is 5.82. The van der Waals surface area contributed by atoms with Gasteiger partial charge in [0.15, 0.2) is 0 Å². The molecule has 0 fully saturated rings. The lowest BCUT2D eigenvalue weighted by Gasteiger charge is -2.15. The van der Waals surface area contributed by atoms with Crippen molar-refractivity contribution >= 4 is 15.9 Å². The predicted octanol–water partition coefficient (Wildman–Crippen LogP) is 3.68. The van der Waals surface area contributed by atoms with E-state index in [1.165, 1.54) is 11.3 Å². The van der Waals surface area contributed by atoms with Gasteiger partial charge in [0.2, 0.25) is 0 Å². The van der Waals surface area contributed by atoms with Crippen LogP contribution in [0.3, 0.4) is 0 Å². The first-order chi connectivity index (χ1) is 8.20. The van der Waals surface area contributed by atoms with Crippen LogP contribution >= 0.6 is 15.9 Å². The standard InChI is InChI=1S/C14H17BrN2/c1-11-8-12(2)17(16-11)10-14(9-15)13-6-4-3-5-7-13/h3-8,14H,9-10H2,1-2H3. The van der Waals surface area contributed by atoms with Crippen LogP contribution in [-0.4, -0.2) is 15.1 Å². The van der Waals surface area contributed by atoms with E-state index in [9.17, 15) is 0 Å². The molecule has 1 atom stereocenters. The lowest BCUT2D eigenvalue weighted by molar-refractivity contribution is 0.535. The van der Waals surface area contributed by atoms with Crippen molar-refractivity contribution in [3.63, 3.8) is 0 Å². The molecule has 17 heavy (non-hydrogen) atoms. The van der Waals surface area contributed by atoms with Gasteiger partial charge < -0.3 is 0 Å². The summed E-state index contributed by atoms with van der Waals surface area (Å²) in [6.07, 6.45) is 0. The van der Waals surface area contributed by atoms with Crippen molar-refractivity contribution in [3.8, 4) is 0 Å². The Morgan fingerprint density at radius 1 is 1.24 bits per heavy atom. The number of nitrogens with zero attached hydrogens (tertiary/aromatic N) is 2. The Morgan fingerprint density at radius 3 is 2.47 bits per heavy atom. The second-order valence-electron chi connectivity index (χ2n) is 4.37. The van der Waals surface area contributed by atoms with Gasteiger partial charge in [-0.2, -0.15) is 5.10 Å². The fraction of sp³-hybridized carbons (Fsp3) is 0.357. The van der Waals surface area contributed by atoms with Crippen molar-refractivity contribution in [1.29, 1.82) is 0 Å². The number of benzene rings is 1. The summed E-state index contributed by atoms with van der Waals surface area (Å²) in [5, 5.41) is 5.47. The second kappa shape index (κ2) is 5.50. The third-order valence-corrected chi connectivity index (χ3v) is 3.74. The number of alkyl halides is 1. The van der Waals surface area contributed by atoms with Crippen molar-refractivity contribution in [2.45, 2.75) is 26.3 Å². The number of rotatable bonds is 4. The molecule has 0 bridgehead atoms. The maximum absolute atomic E-state index is 4.52. The number of halogens is 1. The Kier molecular flexibility index (Phi) is 4.00. The van der Waals surface area contributed by atoms with Gasteiger partial charge in [-0.3, -0.25) is 4.68 Å². The molecule has 2 rings (SSSR count). The quantitative estimate of drug-likeness (QED) is 0.786. The Labute approximate surface area is 111 Å². The van der Waals surface area contributed by atoms with Crippen molar-refractivity contribution < 1.29 is 0 Å². The highest BCUT2D eigenvalue weighted by molar-refractivity contribution is 9.09. The largest absolute Gasteiger partial charge is 0.269 e. The van der Waals surface area contributed by atoms with Gasteiger partial charge in [-0.25, -0.2) is 0 Å². The monoisotopic (exact) mass is 292 g/mol. The third kappa shape index (κ3) is 2.97. The SMILES string of the molecule is Cc1cc(C)n(CC(CBr)c2ccccc2)n1. The molecular formula is C14H17BrN2. The molecular weight excluding hydrogens is 276 g/mol. The highest BCUT2D eigenvalue weighted by Gasteiger charge is 2.12. The maximum Gasteiger partial charge on any atom is 0.0596 e. The summed E-state index contributed by atoms with van der Waals surface area (Å²) in [5.41, 5.74) is 3.67. The van der Waals surface area contributed by atoms with Gasteiger partial charge in [-0.1, -0.05) is 46.3 Å². The Bertz CT molecular complexity index is 476. The average Bonchev–Trinajstić information content (AvgIpc) is 2.66. The zero-order valence-electron chi connectivity index (χ0n) is 10.2. The first-order valence-corrected chi connectivity index (χ1v) is 6.95. The number of aromatic nitrogens is 2. The van der Waals surface area contributed by atoms with Crippen molar-refractivity contribution in [1.82, 2.24) is 9.78 Å². The Hall–Kier alpha value is -1.09. The molecule has 0 saturated heterocycles. The molecule has 90 valence electrons. The van der Waals surface area contributed by atoms with E-state index >= 15 is 0 Å². The molecule has 0 amide bonds. The Morgan fingerprint density at radius 2 is 1.94 bits per heavy atom. The zero-order valence-corrected chi connectivity index (χ0v) is 11.8. The van der Waals surface area contributed by atoms with E-state index in [-0.39, 0.29) is 0 Å². The molecule has 1 aromatic heterocycles. The topological polar surface area (TPSA) is 17.8 Å². The summed E-state index contributed by atoms with van der Waals surface area (Å²) in [6, 6.07) is 12.7. The average molecular weight is 293 g/mol. The molecule has 0 saturated carbocycles. The van der Waals surface area contributed by atoms with Gasteiger partial charge in [-0.05, 0) is 25.5 Å². The van der Waals surface area contributed by atoms with E-state index in [1.54, 1.807) is 0 Å². The second-order valence-corrected chi connectivity index (χ2v) is 5.02. The van der Waals surface area contributed by atoms with Crippen LogP contribution in [0.15, 0.2) is 36.4 Å². The third-order valence-electron chi connectivity index (χ3n) is 2.95. The molecule has 0 aliphatic rings. The van der Waals surface area contributed by atoms with Gasteiger partial charge in [-0.15, -0.1) is 0 Å². The maximum atomic E-state index is 4.52. The van der Waals surface area contributed by atoms with Crippen LogP contribution < -0.4 is 0 Å². The molecule has 1 unspecified atom stereocenters. The van der Waals surface area contributed by atoms with Crippen LogP contribution in [0.4, 0.5) is 0 Å². The summed E-state index contributed by atoms with van der Waals surface area (Å²) in [7, 11) is 0. The molecule has 0 N–H and O–H groups in total. The number of hydrogen-bond donors (Lipinski definition) is 0. The summed E-state index contributed by atoms with van der Waals surface area (Å²) >= 11 is 3.60. The normalized spacial score (nSPS) is 12.6. The number of aryl methyl sites for hydroxylation is 2. The molecule has 1 aromatic carbocycles. The van der Waals surface area contributed by atoms with Crippen molar-refractivity contribution in [3.05, 3.63) is 53.3 Å². The minimum atomic E-state index is 0.467. The summed E-state index contributed by atoms with van der Waals surface area (Å²) in [6.45, 7) is 5.07. The number of hydrogen-bond acceptors (Lipinski definition) is 1. The van der Waals surface area contributed by atoms with E-state index in [0.29, 0.717) is 5.92 Å². The Balaban J connectivity index is 2.18. The van der Waals surface area contributed by atoms with Crippen LogP contribution in [0.1, 0.15) is 22.9 Å². The predicted molar refractivity (Wildman–Crippen MR) is 74.7 cm³/mol. The smallest absolute Gasteiger partial charge is 0.0596 e. The summed E-state index contributed by atoms with van der Waals surface area (Å²) < 4.78 is 2.09. The van der Waals surface area contributed by atoms with Crippen LogP contribution in [0, 0.1) is 13.8 Å². The van der Waals surface area contributed by atoms with Gasteiger partial charge in [0.1, 0.15) is 0 Å². The highest BCUT2D eigenvalue weighted by Crippen LogP contribution is 2.20. The molecule has 2 nitrogen and oxygen atoms in total. The molecule has 3 heteroatoms. The van der Waals surface area contributed by atoms with Crippen LogP contribution in [-0.2, 0) is 6.54 Å². The van der Waals surface area contributed by atoms with Crippen molar-refractivity contribution in [2.24, 2.45) is 0 Å². The summed E-state index contributed by atoms with van der Waals surface area (Å²) in [4.78, 5) is 0. The van der Waals surface area contributed by atoms with E-state index in [2.05, 4.69) is 69.0 Å². The van der Waals surface area contributed by atoms with Crippen LogP contribution in [0.25, 0.3) is 0 Å². The van der Waals surface area contributed by atoms with E-state index in [1.807, 2.05) is 6.92 Å². The molecule has 0 aliphatic heterocycles. The minimum absolute atomic E-state index is 0.467. The highest BCUT2D eigenvalue weighted by atomic mass is 79.9. The fourth-order valence-electron chi connectivity index (χ4n) is 2.04. The lowest BCUT2D eigenvalue weighted by Crippen LogP contribution is -2.13. The van der Waals surface area contributed by atoms with E-state index in [0.717, 1.165) is 17.6 Å². The van der Waals surface area contributed by atoms with E-state index in [4.69, 9.17) is 0 Å². The van der Waals surface area contributed by atoms with Gasteiger partial charge in [0, 0.05) is 23.5 Å². The van der Waals surface area contributed by atoms with Gasteiger partial charge >= 0.3 is 0 Å². The molecule has 0 radical (unpaired) electrons. The van der Waals surface area contributed by atoms with Crippen LogP contribution in [0.5, 0.6) is 0 Å². The van der Waals surface area contributed by atoms with E-state index < -0.39 is 0 Å². The molecule has 0 spiro atoms. The minimum Gasteiger partial charge on any atom is -0.269 e. The zero-order chi connectivity index (χ0) is 12.3. The fourth-order valence-corrected chi connectivity index (χ4v) is 2.62. The molecule has 0 aliphatic carbocycles. The van der Waals surface area contributed by atoms with Crippen molar-refractivity contribution in [2.75, 3.05) is 5.33 Å². The molecule has 1 heterocycles. The van der Waals surface area contributed by atoms with Crippen LogP contribution in [0.2, 0.25) is 0 Å². The molecule has 2 aromatic rings. The van der Waals surface area contributed by atoms with Gasteiger partial charge in [0.25, 0.3) is 0 Å². The van der Waals surface area contributed by atoms with Gasteiger partial charge in [0.05, 0.1) is 5.69 Å².